The van der Waals surface area contributed by atoms with Crippen molar-refractivity contribution < 1.29 is 4.57 Å². The molecule has 0 atom stereocenters. The molecular formula is C28H18Cl5N4O3P. The minimum absolute atomic E-state index is 0.288. The fourth-order valence-corrected chi connectivity index (χ4v) is 4.52. The molecule has 41 heavy (non-hydrogen) atoms. The topological polar surface area (TPSA) is 109 Å². The van der Waals surface area contributed by atoms with Crippen LogP contribution < -0.4 is 11.1 Å². The molecule has 0 fully saturated rings. The lowest BCUT2D eigenvalue weighted by molar-refractivity contribution is 0.600. The van der Waals surface area contributed by atoms with Crippen LogP contribution in [-0.4, -0.2) is 20.4 Å². The molecule has 0 aliphatic rings. The highest BCUT2D eigenvalue weighted by molar-refractivity contribution is 8.24. The summed E-state index contributed by atoms with van der Waals surface area (Å²) < 4.78 is 9.51. The molecular weight excluding hydrogens is 649 g/mol. The van der Waals surface area contributed by atoms with E-state index in [1.165, 1.54) is 0 Å². The summed E-state index contributed by atoms with van der Waals surface area (Å²) in [6, 6.07) is 30.6. The van der Waals surface area contributed by atoms with Gasteiger partial charge in [0.15, 0.2) is 10.3 Å². The zero-order valence-electron chi connectivity index (χ0n) is 20.7. The minimum Gasteiger partial charge on any atom is -0.271 e. The molecule has 2 N–H and O–H groups in total. The van der Waals surface area contributed by atoms with Gasteiger partial charge in [-0.15, -0.1) is 10.2 Å². The minimum atomic E-state index is -3.22. The largest absolute Gasteiger partial charge is 0.339 e. The van der Waals surface area contributed by atoms with Crippen molar-refractivity contribution in [3.63, 3.8) is 0 Å². The summed E-state index contributed by atoms with van der Waals surface area (Å²) in [6.45, 7) is 0. The van der Waals surface area contributed by atoms with Crippen LogP contribution >= 0.6 is 62.1 Å². The van der Waals surface area contributed by atoms with Gasteiger partial charge in [-0.1, -0.05) is 114 Å². The van der Waals surface area contributed by atoms with Gasteiger partial charge in [-0.2, -0.15) is 0 Å². The number of hydrogen-bond acceptors (Lipinski definition) is 5. The van der Waals surface area contributed by atoms with Crippen LogP contribution in [0.2, 0.25) is 10.3 Å². The van der Waals surface area contributed by atoms with Crippen LogP contribution in [0.25, 0.3) is 43.8 Å². The molecule has 0 radical (unpaired) electrons. The van der Waals surface area contributed by atoms with Crippen molar-refractivity contribution in [3.8, 4) is 22.3 Å². The molecule has 0 amide bonds. The molecule has 6 aromatic rings. The van der Waals surface area contributed by atoms with E-state index in [0.29, 0.717) is 21.1 Å². The second-order valence-electron chi connectivity index (χ2n) is 8.28. The van der Waals surface area contributed by atoms with Crippen LogP contribution in [0.3, 0.4) is 0 Å². The highest BCUT2D eigenvalue weighted by Gasteiger charge is 2.12. The first-order valence-corrected chi connectivity index (χ1v) is 16.9. The van der Waals surface area contributed by atoms with E-state index in [1.807, 2.05) is 84.9 Å². The van der Waals surface area contributed by atoms with E-state index >= 15 is 0 Å². The van der Waals surface area contributed by atoms with Crippen molar-refractivity contribution >= 4 is 83.7 Å². The Bertz CT molecular complexity index is 1970. The van der Waals surface area contributed by atoms with Gasteiger partial charge in [0.2, 0.25) is 0 Å². The van der Waals surface area contributed by atoms with Crippen molar-refractivity contribution in [1.29, 1.82) is 0 Å². The SMILES string of the molecule is Clc1nnc(Cl)c2c(-c3ccccc3)cccc12.O=P(Cl)(Cl)Cl.O=c1[nH][nH]c(=O)c2c(-c3ccccc3)cccc12. The van der Waals surface area contributed by atoms with Gasteiger partial charge in [-0.05, 0) is 62.0 Å². The molecule has 208 valence electrons. The summed E-state index contributed by atoms with van der Waals surface area (Å²) in [5.74, 6) is 0. The van der Waals surface area contributed by atoms with E-state index in [2.05, 4.69) is 54.1 Å². The molecule has 0 bridgehead atoms. The number of nitrogens with zero attached hydrogens (tertiary/aromatic N) is 2. The fourth-order valence-electron chi connectivity index (χ4n) is 4.08. The maximum absolute atomic E-state index is 11.9. The normalized spacial score (nSPS) is 10.9. The quantitative estimate of drug-likeness (QED) is 0.179. The second kappa shape index (κ2) is 13.7. The number of halogens is 5. The standard InChI is InChI=1S/C14H8Cl2N2.C14H10N2O2.Cl3OP/c15-13-11-8-4-7-10(9-5-2-1-3-6-9)12(11)14(16)18-17-13;17-13-11-8-4-7-10(9-5-2-1-3-6-9)12(11)14(18)16-15-13;1-5(2,3)4/h1-8H;1-8H,(H,15,17)(H,16,18);. The Morgan fingerprint density at radius 3 is 1.51 bits per heavy atom. The van der Waals surface area contributed by atoms with Crippen molar-refractivity contribution in [3.05, 3.63) is 128 Å². The Morgan fingerprint density at radius 1 is 0.537 bits per heavy atom. The maximum Gasteiger partial charge on any atom is 0.339 e. The van der Waals surface area contributed by atoms with Crippen LogP contribution in [-0.2, 0) is 4.57 Å². The third-order valence-electron chi connectivity index (χ3n) is 5.71. The van der Waals surface area contributed by atoms with Crippen LogP contribution in [0, 0.1) is 0 Å². The zero-order chi connectivity index (χ0) is 29.6. The van der Waals surface area contributed by atoms with Gasteiger partial charge in [-0.3, -0.25) is 24.4 Å². The summed E-state index contributed by atoms with van der Waals surface area (Å²) in [5, 5.41) is 12.4. The highest BCUT2D eigenvalue weighted by Crippen LogP contribution is 2.61. The molecule has 2 heterocycles. The second-order valence-corrected chi connectivity index (χ2v) is 15.6. The first kappa shape index (κ1) is 30.8. The van der Waals surface area contributed by atoms with E-state index in [-0.39, 0.29) is 11.1 Å². The molecule has 13 heteroatoms. The predicted molar refractivity (Wildman–Crippen MR) is 171 cm³/mol. The number of aromatic nitrogens is 4. The number of benzene rings is 4. The molecule has 0 aliphatic carbocycles. The van der Waals surface area contributed by atoms with Crippen molar-refractivity contribution in [2.24, 2.45) is 0 Å². The third-order valence-corrected chi connectivity index (χ3v) is 6.26. The van der Waals surface area contributed by atoms with Gasteiger partial charge in [0.05, 0.1) is 10.8 Å². The molecule has 0 saturated carbocycles. The summed E-state index contributed by atoms with van der Waals surface area (Å²) in [7, 11) is 0. The van der Waals surface area contributed by atoms with Crippen LogP contribution in [0.15, 0.2) is 107 Å². The average Bonchev–Trinajstić information content (AvgIpc) is 2.97. The van der Waals surface area contributed by atoms with E-state index in [1.54, 1.807) is 12.1 Å². The Labute approximate surface area is 257 Å². The van der Waals surface area contributed by atoms with Crippen molar-refractivity contribution in [2.75, 3.05) is 0 Å². The molecule has 6 rings (SSSR count). The highest BCUT2D eigenvalue weighted by atomic mass is 36.0. The lowest BCUT2D eigenvalue weighted by atomic mass is 10.0. The maximum atomic E-state index is 11.9. The van der Waals surface area contributed by atoms with Gasteiger partial charge in [-0.25, -0.2) is 0 Å². The Hall–Kier alpha value is -3.16. The molecule has 7 nitrogen and oxygen atoms in total. The Morgan fingerprint density at radius 2 is 0.976 bits per heavy atom. The number of hydrogen-bond donors (Lipinski definition) is 2. The van der Waals surface area contributed by atoms with Gasteiger partial charge in [0, 0.05) is 10.8 Å². The first-order chi connectivity index (χ1) is 19.5. The monoisotopic (exact) mass is 664 g/mol. The smallest absolute Gasteiger partial charge is 0.271 e. The van der Waals surface area contributed by atoms with E-state index in [0.717, 1.165) is 33.0 Å². The number of aromatic amines is 2. The van der Waals surface area contributed by atoms with Gasteiger partial charge >= 0.3 is 5.20 Å². The van der Waals surface area contributed by atoms with Gasteiger partial charge in [0.1, 0.15) is 0 Å². The van der Waals surface area contributed by atoms with Crippen LogP contribution in [0.5, 0.6) is 0 Å². The predicted octanol–water partition coefficient (Wildman–Crippen LogP) is 9.30. The van der Waals surface area contributed by atoms with E-state index < -0.39 is 5.20 Å². The van der Waals surface area contributed by atoms with Gasteiger partial charge < -0.3 is 0 Å². The first-order valence-electron chi connectivity index (χ1n) is 11.7. The summed E-state index contributed by atoms with van der Waals surface area (Å²) in [6.07, 6.45) is 0. The van der Waals surface area contributed by atoms with Crippen molar-refractivity contribution in [1.82, 2.24) is 20.4 Å². The number of nitrogens with one attached hydrogen (secondary N) is 2. The molecule has 0 spiro atoms. The Kier molecular flexibility index (Phi) is 10.3. The summed E-state index contributed by atoms with van der Waals surface area (Å²) in [5.41, 5.74) is 3.19. The summed E-state index contributed by atoms with van der Waals surface area (Å²) in [4.78, 5) is 23.6. The lowest BCUT2D eigenvalue weighted by Gasteiger charge is -2.08. The fraction of sp³-hybridized carbons (Fsp3) is 0. The molecule has 2 aromatic heterocycles. The lowest BCUT2D eigenvalue weighted by Crippen LogP contribution is -2.19. The van der Waals surface area contributed by atoms with Crippen molar-refractivity contribution in [2.45, 2.75) is 0 Å². The number of fused-ring (bicyclic) bond motifs is 2. The van der Waals surface area contributed by atoms with E-state index in [4.69, 9.17) is 23.2 Å². The Balaban J connectivity index is 0.000000163. The number of rotatable bonds is 2. The third kappa shape index (κ3) is 7.98. The zero-order valence-corrected chi connectivity index (χ0v) is 25.4. The van der Waals surface area contributed by atoms with E-state index in [9.17, 15) is 14.2 Å². The van der Waals surface area contributed by atoms with Crippen LogP contribution in [0.4, 0.5) is 0 Å². The molecule has 0 unspecified atom stereocenters. The molecule has 4 aromatic carbocycles. The molecule has 0 saturated heterocycles. The van der Waals surface area contributed by atoms with Gasteiger partial charge in [0.25, 0.3) is 11.1 Å². The van der Waals surface area contributed by atoms with Crippen LogP contribution in [0.1, 0.15) is 0 Å². The average molecular weight is 667 g/mol. The molecule has 0 aliphatic heterocycles. The summed E-state index contributed by atoms with van der Waals surface area (Å²) >= 11 is 26.1. The number of H-pyrrole nitrogens is 2.